The first-order chi connectivity index (χ1) is 13.8. The predicted octanol–water partition coefficient (Wildman–Crippen LogP) is 3.23. The molecule has 2 amide bonds. The van der Waals surface area contributed by atoms with Crippen molar-refractivity contribution in [3.63, 3.8) is 0 Å². The fraction of sp³-hybridized carbons (Fsp3) is 0.400. The molecule has 152 valence electrons. The highest BCUT2D eigenvalue weighted by molar-refractivity contribution is 7.10. The monoisotopic (exact) mass is 413 g/mol. The number of hydrogen-bond donors (Lipinski definition) is 0. The summed E-state index contributed by atoms with van der Waals surface area (Å²) >= 11 is 1.57. The van der Waals surface area contributed by atoms with E-state index in [-0.39, 0.29) is 18.0 Å². The van der Waals surface area contributed by atoms with Crippen molar-refractivity contribution >= 4 is 29.0 Å². The molecule has 29 heavy (non-hydrogen) atoms. The summed E-state index contributed by atoms with van der Waals surface area (Å²) in [6.07, 6.45) is 6.20. The lowest BCUT2D eigenvalue weighted by molar-refractivity contribution is 0.00429. The van der Waals surface area contributed by atoms with Crippen LogP contribution >= 0.6 is 11.3 Å². The van der Waals surface area contributed by atoms with Crippen molar-refractivity contribution in [3.05, 3.63) is 52.9 Å². The Morgan fingerprint density at radius 3 is 2.79 bits per heavy atom. The van der Waals surface area contributed by atoms with Gasteiger partial charge in [-0.3, -0.25) is 14.2 Å². The van der Waals surface area contributed by atoms with Crippen LogP contribution in [0.2, 0.25) is 0 Å². The molecule has 0 aliphatic carbocycles. The molecule has 1 aliphatic heterocycles. The van der Waals surface area contributed by atoms with Crippen LogP contribution in [0.1, 0.15) is 42.2 Å². The molecular formula is C20H23N5O3S. The lowest BCUT2D eigenvalue weighted by Gasteiger charge is -2.41. The number of rotatable bonds is 2. The van der Waals surface area contributed by atoms with E-state index in [1.165, 1.54) is 0 Å². The fourth-order valence-corrected chi connectivity index (χ4v) is 4.22. The van der Waals surface area contributed by atoms with Crippen molar-refractivity contribution in [3.8, 4) is 0 Å². The van der Waals surface area contributed by atoms with Gasteiger partial charge in [0.15, 0.2) is 5.65 Å². The van der Waals surface area contributed by atoms with Gasteiger partial charge in [0.05, 0.1) is 18.4 Å². The van der Waals surface area contributed by atoms with Gasteiger partial charge < -0.3 is 14.5 Å². The zero-order valence-corrected chi connectivity index (χ0v) is 17.4. The molecule has 3 aromatic rings. The molecule has 1 saturated heterocycles. The molecule has 1 fully saturated rings. The van der Waals surface area contributed by atoms with E-state index in [4.69, 9.17) is 4.74 Å². The van der Waals surface area contributed by atoms with Gasteiger partial charge in [0.1, 0.15) is 11.3 Å². The minimum Gasteiger partial charge on any atom is -0.444 e. The molecule has 4 heterocycles. The SMILES string of the molecule is CC(C)(C)OC(=O)N1CCN(C(=O)c2cnc3cnccn23)C(c2cccs2)C1. The zero-order chi connectivity index (χ0) is 20.6. The molecule has 0 N–H and O–H groups in total. The van der Waals surface area contributed by atoms with Crippen LogP contribution in [0, 0.1) is 0 Å². The standard InChI is InChI=1S/C20H23N5O3S/c1-20(2,3)28-19(27)23-8-9-25(15(13-23)16-5-4-10-29-16)18(26)14-11-22-17-12-21-6-7-24(14)17/h4-7,10-12,15H,8-9,13H2,1-3H3. The molecule has 0 aromatic carbocycles. The largest absolute Gasteiger partial charge is 0.444 e. The van der Waals surface area contributed by atoms with E-state index in [0.29, 0.717) is 31.0 Å². The molecule has 3 aromatic heterocycles. The second kappa shape index (κ2) is 7.47. The first kappa shape index (κ1) is 19.4. The Bertz CT molecular complexity index is 1020. The molecule has 0 radical (unpaired) electrons. The summed E-state index contributed by atoms with van der Waals surface area (Å²) in [5.41, 5.74) is 0.540. The maximum atomic E-state index is 13.4. The van der Waals surface area contributed by atoms with E-state index >= 15 is 0 Å². The lowest BCUT2D eigenvalue weighted by atomic mass is 10.1. The van der Waals surface area contributed by atoms with Crippen molar-refractivity contribution in [1.82, 2.24) is 24.2 Å². The number of amides is 2. The van der Waals surface area contributed by atoms with Crippen molar-refractivity contribution in [1.29, 1.82) is 0 Å². The second-order valence-corrected chi connectivity index (χ2v) is 8.88. The highest BCUT2D eigenvalue weighted by atomic mass is 32.1. The zero-order valence-electron chi connectivity index (χ0n) is 16.6. The van der Waals surface area contributed by atoms with Gasteiger partial charge in [-0.05, 0) is 32.2 Å². The molecule has 4 rings (SSSR count). The number of ether oxygens (including phenoxy) is 1. The Morgan fingerprint density at radius 1 is 1.24 bits per heavy atom. The Balaban J connectivity index is 1.61. The average Bonchev–Trinajstić information content (AvgIpc) is 3.35. The number of piperazine rings is 1. The number of carbonyl (C=O) groups is 2. The smallest absolute Gasteiger partial charge is 0.410 e. The summed E-state index contributed by atoms with van der Waals surface area (Å²) in [5.74, 6) is -0.120. The molecule has 0 bridgehead atoms. The normalized spacial score (nSPS) is 17.6. The summed E-state index contributed by atoms with van der Waals surface area (Å²) in [4.78, 5) is 38.8. The van der Waals surface area contributed by atoms with Crippen LogP contribution in [0.15, 0.2) is 42.3 Å². The van der Waals surface area contributed by atoms with E-state index in [0.717, 1.165) is 4.88 Å². The summed E-state index contributed by atoms with van der Waals surface area (Å²) in [7, 11) is 0. The van der Waals surface area contributed by atoms with E-state index in [2.05, 4.69) is 9.97 Å². The third kappa shape index (κ3) is 3.95. The highest BCUT2D eigenvalue weighted by Crippen LogP contribution is 2.31. The van der Waals surface area contributed by atoms with Crippen LogP contribution in [0.3, 0.4) is 0 Å². The van der Waals surface area contributed by atoms with E-state index in [9.17, 15) is 9.59 Å². The first-order valence-electron chi connectivity index (χ1n) is 9.43. The highest BCUT2D eigenvalue weighted by Gasteiger charge is 2.36. The third-order valence-corrected chi connectivity index (χ3v) is 5.67. The third-order valence-electron chi connectivity index (χ3n) is 4.70. The Hall–Kier alpha value is -2.94. The minimum atomic E-state index is -0.562. The Morgan fingerprint density at radius 2 is 2.07 bits per heavy atom. The van der Waals surface area contributed by atoms with Crippen molar-refractivity contribution in [2.45, 2.75) is 32.4 Å². The molecule has 1 unspecified atom stereocenters. The summed E-state index contributed by atoms with van der Waals surface area (Å²) in [6, 6.07) is 3.71. The average molecular weight is 414 g/mol. The summed E-state index contributed by atoms with van der Waals surface area (Å²) in [6.45, 7) is 6.77. The van der Waals surface area contributed by atoms with E-state index in [1.807, 2.05) is 43.2 Å². The topological polar surface area (TPSA) is 80.0 Å². The van der Waals surface area contributed by atoms with Gasteiger partial charge in [-0.15, -0.1) is 11.3 Å². The maximum Gasteiger partial charge on any atom is 0.410 e. The number of imidazole rings is 1. The number of hydrogen-bond acceptors (Lipinski definition) is 6. The van der Waals surface area contributed by atoms with Crippen LogP contribution in [-0.2, 0) is 4.74 Å². The van der Waals surface area contributed by atoms with Crippen LogP contribution in [0.25, 0.3) is 5.65 Å². The molecule has 8 nitrogen and oxygen atoms in total. The van der Waals surface area contributed by atoms with Crippen LogP contribution in [0.5, 0.6) is 0 Å². The van der Waals surface area contributed by atoms with Crippen molar-refractivity contribution in [2.75, 3.05) is 19.6 Å². The molecular weight excluding hydrogens is 390 g/mol. The van der Waals surface area contributed by atoms with Crippen LogP contribution in [-0.4, -0.2) is 61.4 Å². The van der Waals surface area contributed by atoms with Gasteiger partial charge in [-0.1, -0.05) is 6.07 Å². The number of aromatic nitrogens is 3. The Kier molecular flexibility index (Phi) is 4.99. The molecule has 1 aliphatic rings. The minimum absolute atomic E-state index is 0.120. The lowest BCUT2D eigenvalue weighted by Crippen LogP contribution is -2.53. The van der Waals surface area contributed by atoms with Gasteiger partial charge in [0, 0.05) is 36.9 Å². The van der Waals surface area contributed by atoms with Gasteiger partial charge in [0.2, 0.25) is 0 Å². The molecule has 9 heteroatoms. The van der Waals surface area contributed by atoms with Gasteiger partial charge >= 0.3 is 6.09 Å². The van der Waals surface area contributed by atoms with Gasteiger partial charge in [-0.25, -0.2) is 9.78 Å². The maximum absolute atomic E-state index is 13.4. The second-order valence-electron chi connectivity index (χ2n) is 7.90. The quantitative estimate of drug-likeness (QED) is 0.644. The number of thiophene rings is 1. The van der Waals surface area contributed by atoms with Gasteiger partial charge in [0.25, 0.3) is 5.91 Å². The van der Waals surface area contributed by atoms with Crippen molar-refractivity contribution in [2.24, 2.45) is 0 Å². The number of nitrogens with zero attached hydrogens (tertiary/aromatic N) is 5. The van der Waals surface area contributed by atoms with E-state index in [1.54, 1.807) is 45.4 Å². The van der Waals surface area contributed by atoms with E-state index < -0.39 is 5.60 Å². The molecule has 1 atom stereocenters. The molecule has 0 spiro atoms. The van der Waals surface area contributed by atoms with Crippen LogP contribution in [0.4, 0.5) is 4.79 Å². The van der Waals surface area contributed by atoms with Gasteiger partial charge in [-0.2, -0.15) is 0 Å². The van der Waals surface area contributed by atoms with Crippen molar-refractivity contribution < 1.29 is 14.3 Å². The summed E-state index contributed by atoms with van der Waals surface area (Å²) < 4.78 is 7.27. The predicted molar refractivity (Wildman–Crippen MR) is 109 cm³/mol. The van der Waals surface area contributed by atoms with Crippen LogP contribution < -0.4 is 0 Å². The Labute approximate surface area is 172 Å². The number of fused-ring (bicyclic) bond motifs is 1. The summed E-state index contributed by atoms with van der Waals surface area (Å²) in [5, 5.41) is 1.98. The molecule has 0 saturated carbocycles. The fourth-order valence-electron chi connectivity index (χ4n) is 3.39. The first-order valence-corrected chi connectivity index (χ1v) is 10.3. The number of carbonyl (C=O) groups excluding carboxylic acids is 2.